The van der Waals surface area contributed by atoms with Gasteiger partial charge in [-0.2, -0.15) is 0 Å². The summed E-state index contributed by atoms with van der Waals surface area (Å²) in [4.78, 5) is 11.6. The second-order valence-corrected chi connectivity index (χ2v) is 11.9. The molecule has 0 spiro atoms. The van der Waals surface area contributed by atoms with Gasteiger partial charge >= 0.3 is 5.97 Å². The molecule has 0 aliphatic carbocycles. The van der Waals surface area contributed by atoms with Crippen molar-refractivity contribution in [3.63, 3.8) is 0 Å². The Morgan fingerprint density at radius 3 is 2.47 bits per heavy atom. The number of allylic oxidation sites excluding steroid dienone is 1. The third-order valence-corrected chi connectivity index (χ3v) is 8.42. The van der Waals surface area contributed by atoms with Crippen molar-refractivity contribution < 1.29 is 23.1 Å². The summed E-state index contributed by atoms with van der Waals surface area (Å²) in [7, 11) is -3.38. The summed E-state index contributed by atoms with van der Waals surface area (Å²) >= 11 is 0. The molecule has 5 nitrogen and oxygen atoms in total. The van der Waals surface area contributed by atoms with Crippen LogP contribution in [0.1, 0.15) is 93.3 Å². The lowest BCUT2D eigenvalue weighted by Gasteiger charge is -2.26. The number of carboxylic acids is 1. The van der Waals surface area contributed by atoms with Crippen LogP contribution in [0.2, 0.25) is 0 Å². The standard InChI is InChI=1S/C28H36O5S/c1-5-6-7-8-15-33-25-19-26-24(28(3,4)14-9-16-34(26,31)32)18-23(25)20(2)17-21-10-12-22(13-11-21)27(29)30/h10-13,17-19H,5-9,14-16H2,1-4H3,(H,29,30). The fourth-order valence-electron chi connectivity index (χ4n) is 4.48. The molecule has 0 atom stereocenters. The van der Waals surface area contributed by atoms with Crippen molar-refractivity contribution in [2.24, 2.45) is 0 Å². The molecule has 184 valence electrons. The van der Waals surface area contributed by atoms with E-state index in [4.69, 9.17) is 9.84 Å². The van der Waals surface area contributed by atoms with Gasteiger partial charge in [-0.15, -0.1) is 0 Å². The molecule has 1 heterocycles. The van der Waals surface area contributed by atoms with Crippen molar-refractivity contribution in [2.45, 2.75) is 76.5 Å². The first-order valence-corrected chi connectivity index (χ1v) is 13.8. The first kappa shape index (κ1) is 26.0. The van der Waals surface area contributed by atoms with E-state index in [0.717, 1.165) is 54.4 Å². The van der Waals surface area contributed by atoms with E-state index in [1.165, 1.54) is 0 Å². The van der Waals surface area contributed by atoms with Gasteiger partial charge in [-0.3, -0.25) is 0 Å². The minimum Gasteiger partial charge on any atom is -0.493 e. The van der Waals surface area contributed by atoms with Crippen LogP contribution in [0.4, 0.5) is 0 Å². The molecular weight excluding hydrogens is 448 g/mol. The Bertz CT molecular complexity index is 1160. The van der Waals surface area contributed by atoms with Gasteiger partial charge in [0.25, 0.3) is 0 Å². The number of fused-ring (bicyclic) bond motifs is 1. The summed E-state index contributed by atoms with van der Waals surface area (Å²) in [6.07, 6.45) is 7.70. The fourth-order valence-corrected chi connectivity index (χ4v) is 6.19. The molecule has 0 saturated heterocycles. The predicted octanol–water partition coefficient (Wildman–Crippen LogP) is 6.75. The highest BCUT2D eigenvalue weighted by Gasteiger charge is 2.34. The number of rotatable bonds is 9. The van der Waals surface area contributed by atoms with Gasteiger partial charge in [-0.1, -0.05) is 58.2 Å². The van der Waals surface area contributed by atoms with E-state index in [-0.39, 0.29) is 16.7 Å². The SMILES string of the molecule is CCCCCCOc1cc2c(cc1C(C)=Cc1ccc(C(=O)O)cc1)C(C)(C)CCCS2(=O)=O. The van der Waals surface area contributed by atoms with E-state index in [2.05, 4.69) is 20.8 Å². The Kier molecular flexibility index (Phi) is 8.24. The zero-order chi connectivity index (χ0) is 24.9. The number of carbonyl (C=O) groups is 1. The molecule has 0 bridgehead atoms. The quantitative estimate of drug-likeness (QED) is 0.314. The van der Waals surface area contributed by atoms with Crippen molar-refractivity contribution in [3.05, 3.63) is 58.7 Å². The Labute approximate surface area is 203 Å². The Balaban J connectivity index is 2.07. The molecule has 0 unspecified atom stereocenters. The zero-order valence-corrected chi connectivity index (χ0v) is 21.5. The van der Waals surface area contributed by atoms with E-state index in [1.807, 2.05) is 19.1 Å². The van der Waals surface area contributed by atoms with Gasteiger partial charge in [0.1, 0.15) is 5.75 Å². The second-order valence-electron chi connectivity index (χ2n) is 9.81. The number of aromatic carboxylic acids is 1. The van der Waals surface area contributed by atoms with Crippen LogP contribution in [-0.4, -0.2) is 31.9 Å². The molecule has 1 aliphatic rings. The van der Waals surface area contributed by atoms with Crippen LogP contribution in [0.15, 0.2) is 41.3 Å². The maximum atomic E-state index is 13.1. The Morgan fingerprint density at radius 1 is 1.12 bits per heavy atom. The maximum Gasteiger partial charge on any atom is 0.335 e. The average molecular weight is 485 g/mol. The summed E-state index contributed by atoms with van der Waals surface area (Å²) in [6.45, 7) is 8.89. The molecular formula is C28H36O5S. The van der Waals surface area contributed by atoms with Crippen molar-refractivity contribution in [2.75, 3.05) is 12.4 Å². The van der Waals surface area contributed by atoms with Crippen molar-refractivity contribution in [3.8, 4) is 5.75 Å². The van der Waals surface area contributed by atoms with E-state index >= 15 is 0 Å². The van der Waals surface area contributed by atoms with Crippen molar-refractivity contribution in [1.82, 2.24) is 0 Å². The summed E-state index contributed by atoms with van der Waals surface area (Å²) < 4.78 is 32.4. The lowest BCUT2D eigenvalue weighted by Crippen LogP contribution is -2.18. The maximum absolute atomic E-state index is 13.1. The normalized spacial score (nSPS) is 17.0. The van der Waals surface area contributed by atoms with Gasteiger partial charge in [0.2, 0.25) is 0 Å². The van der Waals surface area contributed by atoms with Crippen LogP contribution >= 0.6 is 0 Å². The van der Waals surface area contributed by atoms with Gasteiger partial charge in [-0.05, 0) is 72.6 Å². The largest absolute Gasteiger partial charge is 0.493 e. The lowest BCUT2D eigenvalue weighted by molar-refractivity contribution is 0.0697. The summed E-state index contributed by atoms with van der Waals surface area (Å²) in [6, 6.07) is 10.4. The number of hydrogen-bond donors (Lipinski definition) is 1. The molecule has 0 fully saturated rings. The number of hydrogen-bond acceptors (Lipinski definition) is 4. The highest BCUT2D eigenvalue weighted by molar-refractivity contribution is 7.91. The van der Waals surface area contributed by atoms with Crippen LogP contribution < -0.4 is 4.74 Å². The van der Waals surface area contributed by atoms with Crippen LogP contribution in [0.5, 0.6) is 5.75 Å². The number of benzene rings is 2. The molecule has 2 aromatic rings. The lowest BCUT2D eigenvalue weighted by atomic mass is 9.79. The van der Waals surface area contributed by atoms with Gasteiger partial charge in [0.15, 0.2) is 9.84 Å². The second kappa shape index (κ2) is 10.8. The molecule has 0 aromatic heterocycles. The van der Waals surface area contributed by atoms with E-state index in [9.17, 15) is 13.2 Å². The molecule has 0 radical (unpaired) electrons. The summed E-state index contributed by atoms with van der Waals surface area (Å²) in [5, 5.41) is 9.15. The molecule has 0 amide bonds. The van der Waals surface area contributed by atoms with Gasteiger partial charge in [-0.25, -0.2) is 13.2 Å². The number of ether oxygens (including phenoxy) is 1. The minimum absolute atomic E-state index is 0.156. The smallest absolute Gasteiger partial charge is 0.335 e. The molecule has 0 saturated carbocycles. The topological polar surface area (TPSA) is 80.7 Å². The van der Waals surface area contributed by atoms with Crippen LogP contribution in [0, 0.1) is 0 Å². The number of sulfone groups is 1. The average Bonchev–Trinajstić information content (AvgIpc) is 2.86. The van der Waals surface area contributed by atoms with E-state index in [1.54, 1.807) is 30.3 Å². The predicted molar refractivity (Wildman–Crippen MR) is 137 cm³/mol. The third-order valence-electron chi connectivity index (χ3n) is 6.58. The van der Waals surface area contributed by atoms with Gasteiger partial charge in [0.05, 0.1) is 22.8 Å². The molecule has 3 rings (SSSR count). The van der Waals surface area contributed by atoms with Crippen molar-refractivity contribution in [1.29, 1.82) is 0 Å². The monoisotopic (exact) mass is 484 g/mol. The molecule has 1 N–H and O–H groups in total. The zero-order valence-electron chi connectivity index (χ0n) is 20.7. The molecule has 1 aliphatic heterocycles. The first-order chi connectivity index (χ1) is 16.0. The third kappa shape index (κ3) is 6.09. The Hall–Kier alpha value is -2.60. The highest BCUT2D eigenvalue weighted by atomic mass is 32.2. The first-order valence-electron chi connectivity index (χ1n) is 12.1. The van der Waals surface area contributed by atoms with E-state index in [0.29, 0.717) is 23.7 Å². The highest BCUT2D eigenvalue weighted by Crippen LogP contribution is 2.42. The molecule has 2 aromatic carbocycles. The Morgan fingerprint density at radius 2 is 1.82 bits per heavy atom. The van der Waals surface area contributed by atoms with Crippen LogP contribution in [0.3, 0.4) is 0 Å². The molecule has 6 heteroatoms. The summed E-state index contributed by atoms with van der Waals surface area (Å²) in [5.74, 6) is -0.212. The van der Waals surface area contributed by atoms with Crippen LogP contribution in [0.25, 0.3) is 11.6 Å². The van der Waals surface area contributed by atoms with Gasteiger partial charge in [0, 0.05) is 5.56 Å². The minimum atomic E-state index is -3.38. The van der Waals surface area contributed by atoms with Gasteiger partial charge < -0.3 is 9.84 Å². The number of unbranched alkanes of at least 4 members (excludes halogenated alkanes) is 3. The number of carboxylic acid groups (broad SMARTS) is 1. The fraction of sp³-hybridized carbons (Fsp3) is 0.464. The summed E-state index contributed by atoms with van der Waals surface area (Å²) in [5.41, 5.74) is 3.50. The van der Waals surface area contributed by atoms with Crippen molar-refractivity contribution >= 4 is 27.5 Å². The van der Waals surface area contributed by atoms with Crippen LogP contribution in [-0.2, 0) is 15.3 Å². The molecule has 34 heavy (non-hydrogen) atoms. The van der Waals surface area contributed by atoms with E-state index < -0.39 is 15.8 Å².